The fourth-order valence-electron chi connectivity index (χ4n) is 5.23. The number of para-hydroxylation sites is 1. The second kappa shape index (κ2) is 9.85. The van der Waals surface area contributed by atoms with Crippen LogP contribution in [0.25, 0.3) is 0 Å². The highest BCUT2D eigenvalue weighted by molar-refractivity contribution is 6.07. The summed E-state index contributed by atoms with van der Waals surface area (Å²) in [6.07, 6.45) is 0. The molecule has 4 rings (SSSR count). The normalized spacial score (nSPS) is 23.3. The number of urea groups is 1. The minimum atomic E-state index is -1.25. The molecular weight excluding hydrogens is 434 g/mol. The number of fused-ring (bicyclic) bond motifs is 3. The van der Waals surface area contributed by atoms with Gasteiger partial charge in [-0.1, -0.05) is 48.5 Å². The molecule has 0 radical (unpaired) electrons. The summed E-state index contributed by atoms with van der Waals surface area (Å²) in [5.74, 6) is -1.79. The van der Waals surface area contributed by atoms with Crippen LogP contribution in [0.1, 0.15) is 30.9 Å². The zero-order chi connectivity index (χ0) is 24.3. The van der Waals surface area contributed by atoms with E-state index in [1.165, 1.54) is 4.90 Å². The molecule has 2 aromatic carbocycles. The van der Waals surface area contributed by atoms with E-state index in [0.717, 1.165) is 16.8 Å². The first-order valence-corrected chi connectivity index (χ1v) is 11.6. The van der Waals surface area contributed by atoms with Crippen molar-refractivity contribution in [3.8, 4) is 0 Å². The van der Waals surface area contributed by atoms with Crippen LogP contribution in [0.4, 0.5) is 10.5 Å². The number of ether oxygens (including phenoxy) is 2. The van der Waals surface area contributed by atoms with Crippen molar-refractivity contribution in [2.45, 2.75) is 31.8 Å². The van der Waals surface area contributed by atoms with E-state index >= 15 is 0 Å². The topological polar surface area (TPSA) is 88.2 Å². The Morgan fingerprint density at radius 3 is 2.53 bits per heavy atom. The fraction of sp³-hybridized carbons (Fsp3) is 0.423. The molecule has 1 fully saturated rings. The van der Waals surface area contributed by atoms with Crippen molar-refractivity contribution in [3.05, 3.63) is 65.7 Å². The van der Waals surface area contributed by atoms with Gasteiger partial charge in [0, 0.05) is 38.3 Å². The largest absolute Gasteiger partial charge is 0.466 e. The van der Waals surface area contributed by atoms with Crippen molar-refractivity contribution in [2.24, 2.45) is 5.92 Å². The molecule has 0 saturated carbocycles. The highest BCUT2D eigenvalue weighted by Gasteiger charge is 2.63. The number of likely N-dealkylation sites (tertiary alicyclic amines) is 1. The number of anilines is 1. The van der Waals surface area contributed by atoms with Gasteiger partial charge in [0.15, 0.2) is 0 Å². The average Bonchev–Trinajstić information content (AvgIpc) is 3.18. The third-order valence-corrected chi connectivity index (χ3v) is 6.83. The van der Waals surface area contributed by atoms with Crippen molar-refractivity contribution >= 4 is 23.6 Å². The molecule has 0 unspecified atom stereocenters. The molecule has 2 heterocycles. The van der Waals surface area contributed by atoms with Crippen LogP contribution in [0.3, 0.4) is 0 Å². The molecule has 1 N–H and O–H groups in total. The van der Waals surface area contributed by atoms with Gasteiger partial charge in [0.25, 0.3) is 5.91 Å². The van der Waals surface area contributed by atoms with Gasteiger partial charge in [0.2, 0.25) is 0 Å². The number of nitrogens with zero attached hydrogens (tertiary/aromatic N) is 2. The van der Waals surface area contributed by atoms with Crippen molar-refractivity contribution in [3.63, 3.8) is 0 Å². The monoisotopic (exact) mass is 465 g/mol. The van der Waals surface area contributed by atoms with Crippen LogP contribution < -0.4 is 10.2 Å². The number of amides is 3. The summed E-state index contributed by atoms with van der Waals surface area (Å²) in [7, 11) is 1.58. The highest BCUT2D eigenvalue weighted by Crippen LogP contribution is 2.53. The van der Waals surface area contributed by atoms with E-state index in [0.29, 0.717) is 19.7 Å². The van der Waals surface area contributed by atoms with Gasteiger partial charge in [-0.2, -0.15) is 0 Å². The van der Waals surface area contributed by atoms with E-state index in [1.807, 2.05) is 54.6 Å². The SMILES string of the molecule is CCOC(=O)[C@H]1CN(C(=O)NCc2ccccc2)[C@]2(C)C(=O)N(CCOC)c3ccccc3[C@H]12. The Morgan fingerprint density at radius 2 is 1.82 bits per heavy atom. The number of hydrogen-bond acceptors (Lipinski definition) is 5. The molecule has 180 valence electrons. The van der Waals surface area contributed by atoms with Gasteiger partial charge < -0.3 is 24.6 Å². The zero-order valence-electron chi connectivity index (χ0n) is 19.8. The van der Waals surface area contributed by atoms with Gasteiger partial charge in [0.1, 0.15) is 5.54 Å². The Morgan fingerprint density at radius 1 is 1.12 bits per heavy atom. The van der Waals surface area contributed by atoms with Crippen LogP contribution >= 0.6 is 0 Å². The summed E-state index contributed by atoms with van der Waals surface area (Å²) in [6.45, 7) is 4.85. The Labute approximate surface area is 199 Å². The molecule has 3 amide bonds. The third-order valence-electron chi connectivity index (χ3n) is 6.83. The van der Waals surface area contributed by atoms with Crippen LogP contribution in [-0.2, 0) is 25.6 Å². The number of esters is 1. The summed E-state index contributed by atoms with van der Waals surface area (Å²) >= 11 is 0. The summed E-state index contributed by atoms with van der Waals surface area (Å²) in [6, 6.07) is 16.7. The predicted molar refractivity (Wildman–Crippen MR) is 127 cm³/mol. The summed E-state index contributed by atoms with van der Waals surface area (Å²) in [5.41, 5.74) is 1.30. The molecule has 2 aromatic rings. The summed E-state index contributed by atoms with van der Waals surface area (Å²) in [5, 5.41) is 2.93. The Hall–Kier alpha value is -3.39. The molecule has 3 atom stereocenters. The van der Waals surface area contributed by atoms with Crippen LogP contribution in [0, 0.1) is 5.92 Å². The lowest BCUT2D eigenvalue weighted by molar-refractivity contribution is -0.148. The average molecular weight is 466 g/mol. The van der Waals surface area contributed by atoms with Crippen molar-refractivity contribution in [1.29, 1.82) is 0 Å². The van der Waals surface area contributed by atoms with Crippen molar-refractivity contribution < 1.29 is 23.9 Å². The molecular formula is C26H31N3O5. The van der Waals surface area contributed by atoms with Gasteiger partial charge in [0.05, 0.1) is 19.1 Å². The third kappa shape index (κ3) is 4.03. The van der Waals surface area contributed by atoms with Gasteiger partial charge in [-0.05, 0) is 31.0 Å². The van der Waals surface area contributed by atoms with Gasteiger partial charge in [-0.25, -0.2) is 4.79 Å². The van der Waals surface area contributed by atoms with Gasteiger partial charge in [-0.15, -0.1) is 0 Å². The van der Waals surface area contributed by atoms with E-state index in [2.05, 4.69) is 5.32 Å². The highest BCUT2D eigenvalue weighted by atomic mass is 16.5. The smallest absolute Gasteiger partial charge is 0.318 e. The van der Waals surface area contributed by atoms with Crippen LogP contribution in [0.15, 0.2) is 54.6 Å². The fourth-order valence-corrected chi connectivity index (χ4v) is 5.23. The lowest BCUT2D eigenvalue weighted by atomic mass is 9.72. The molecule has 0 aliphatic carbocycles. The number of hydrogen-bond donors (Lipinski definition) is 1. The van der Waals surface area contributed by atoms with Gasteiger partial charge >= 0.3 is 12.0 Å². The molecule has 0 spiro atoms. The molecule has 0 bridgehead atoms. The quantitative estimate of drug-likeness (QED) is 0.636. The first-order valence-electron chi connectivity index (χ1n) is 11.6. The minimum Gasteiger partial charge on any atom is -0.466 e. The Bertz CT molecular complexity index is 1060. The molecule has 34 heavy (non-hydrogen) atoms. The predicted octanol–water partition coefficient (Wildman–Crippen LogP) is 2.93. The van der Waals surface area contributed by atoms with Crippen LogP contribution in [-0.4, -0.2) is 61.8 Å². The van der Waals surface area contributed by atoms with Crippen LogP contribution in [0.5, 0.6) is 0 Å². The minimum absolute atomic E-state index is 0.0960. The summed E-state index contributed by atoms with van der Waals surface area (Å²) < 4.78 is 10.6. The molecule has 0 aromatic heterocycles. The number of nitrogens with one attached hydrogen (secondary N) is 1. The Balaban J connectivity index is 1.73. The first-order chi connectivity index (χ1) is 16.4. The lowest BCUT2D eigenvalue weighted by Gasteiger charge is -2.46. The molecule has 1 saturated heterocycles. The van der Waals surface area contributed by atoms with Crippen molar-refractivity contribution in [1.82, 2.24) is 10.2 Å². The number of carbonyl (C=O) groups excluding carboxylic acids is 3. The van der Waals surface area contributed by atoms with Crippen molar-refractivity contribution in [2.75, 3.05) is 38.3 Å². The first kappa shape index (κ1) is 23.8. The lowest BCUT2D eigenvalue weighted by Crippen LogP contribution is -2.63. The maximum Gasteiger partial charge on any atom is 0.318 e. The molecule has 8 heteroatoms. The van der Waals surface area contributed by atoms with E-state index in [4.69, 9.17) is 9.47 Å². The van der Waals surface area contributed by atoms with E-state index in [-0.39, 0.29) is 25.1 Å². The molecule has 2 aliphatic heterocycles. The number of rotatable bonds is 7. The van der Waals surface area contributed by atoms with Gasteiger partial charge in [-0.3, -0.25) is 9.59 Å². The number of benzene rings is 2. The second-order valence-corrected chi connectivity index (χ2v) is 8.75. The molecule has 2 aliphatic rings. The standard InChI is InChI=1S/C26H31N3O5/c1-4-34-23(30)20-17-29(25(32)27-16-18-10-6-5-7-11-18)26(2)22(20)19-12-8-9-13-21(19)28(24(26)31)14-15-33-3/h5-13,20,22H,4,14-17H2,1-3H3,(H,27,32)/t20-,22+,26-/m0/s1. The Kier molecular flexibility index (Phi) is 6.88. The maximum absolute atomic E-state index is 14.0. The van der Waals surface area contributed by atoms with E-state index in [9.17, 15) is 14.4 Å². The number of methoxy groups -OCH3 is 1. The maximum atomic E-state index is 14.0. The van der Waals surface area contributed by atoms with E-state index in [1.54, 1.807) is 25.9 Å². The zero-order valence-corrected chi connectivity index (χ0v) is 19.8. The summed E-state index contributed by atoms with van der Waals surface area (Å²) in [4.78, 5) is 43.7. The van der Waals surface area contributed by atoms with Crippen LogP contribution in [0.2, 0.25) is 0 Å². The number of carbonyl (C=O) groups is 3. The molecule has 8 nitrogen and oxygen atoms in total. The van der Waals surface area contributed by atoms with E-state index < -0.39 is 23.3 Å². The second-order valence-electron chi connectivity index (χ2n) is 8.75.